The number of hydrogen-bond donors (Lipinski definition) is 0. The van der Waals surface area contributed by atoms with E-state index in [9.17, 15) is 4.79 Å². The maximum Gasteiger partial charge on any atom is 0.229 e. The average Bonchev–Trinajstić information content (AvgIpc) is 2.38. The van der Waals surface area contributed by atoms with Crippen molar-refractivity contribution in [3.8, 4) is 11.6 Å². The minimum Gasteiger partial charge on any atom is -0.438 e. The van der Waals surface area contributed by atoms with Gasteiger partial charge in [-0.3, -0.25) is 4.79 Å². The second-order valence-electron chi connectivity index (χ2n) is 5.87. The van der Waals surface area contributed by atoms with Crippen LogP contribution in [0.4, 0.5) is 0 Å². The zero-order chi connectivity index (χ0) is 14.8. The molecule has 0 unspecified atom stereocenters. The van der Waals surface area contributed by atoms with Crippen molar-refractivity contribution < 1.29 is 9.53 Å². The molecular weight excluding hydrogens is 250 g/mol. The molecule has 0 amide bonds. The van der Waals surface area contributed by atoms with Crippen LogP contribution in [-0.4, -0.2) is 11.3 Å². The number of carbonyl (C=O) groups is 1. The Bertz CT molecular complexity index is 627. The van der Waals surface area contributed by atoms with Gasteiger partial charge in [0.15, 0.2) is 6.29 Å². The van der Waals surface area contributed by atoms with Crippen molar-refractivity contribution >= 4 is 6.29 Å². The van der Waals surface area contributed by atoms with E-state index in [4.69, 9.17) is 4.74 Å². The normalized spacial score (nSPS) is 11.2. The summed E-state index contributed by atoms with van der Waals surface area (Å²) in [5, 5.41) is 0. The molecule has 0 fully saturated rings. The summed E-state index contributed by atoms with van der Waals surface area (Å²) < 4.78 is 5.90. The summed E-state index contributed by atoms with van der Waals surface area (Å²) in [7, 11) is 0. The molecule has 1 aromatic carbocycles. The molecule has 1 heterocycles. The van der Waals surface area contributed by atoms with E-state index in [0.29, 0.717) is 11.4 Å². The first-order valence-corrected chi connectivity index (χ1v) is 6.61. The molecule has 2 rings (SSSR count). The Kier molecular flexibility index (Phi) is 3.89. The van der Waals surface area contributed by atoms with Crippen LogP contribution in [0.2, 0.25) is 0 Å². The first-order valence-electron chi connectivity index (χ1n) is 6.61. The third-order valence-corrected chi connectivity index (χ3v) is 3.08. The van der Waals surface area contributed by atoms with Crippen molar-refractivity contribution in [2.45, 2.75) is 33.1 Å². The zero-order valence-electron chi connectivity index (χ0n) is 12.3. The lowest BCUT2D eigenvalue weighted by atomic mass is 9.86. The molecule has 104 valence electrons. The van der Waals surface area contributed by atoms with Crippen LogP contribution in [0, 0.1) is 6.92 Å². The van der Waals surface area contributed by atoms with E-state index in [1.54, 1.807) is 18.3 Å². The van der Waals surface area contributed by atoms with Gasteiger partial charge in [-0.2, -0.15) is 0 Å². The van der Waals surface area contributed by atoms with Gasteiger partial charge in [0, 0.05) is 11.8 Å². The van der Waals surface area contributed by atoms with Gasteiger partial charge in [-0.25, -0.2) is 4.98 Å². The van der Waals surface area contributed by atoms with Crippen molar-refractivity contribution in [1.29, 1.82) is 0 Å². The molecule has 0 saturated carbocycles. The molecule has 0 atom stereocenters. The highest BCUT2D eigenvalue weighted by Crippen LogP contribution is 2.34. The zero-order valence-corrected chi connectivity index (χ0v) is 12.3. The molecule has 0 spiro atoms. The minimum atomic E-state index is -0.0425. The molecule has 0 aliphatic heterocycles. The number of aldehydes is 1. The quantitative estimate of drug-likeness (QED) is 0.780. The van der Waals surface area contributed by atoms with Crippen LogP contribution in [0.25, 0.3) is 0 Å². The fourth-order valence-corrected chi connectivity index (χ4v) is 2.02. The summed E-state index contributed by atoms with van der Waals surface area (Å²) in [6, 6.07) is 9.52. The number of benzene rings is 1. The fraction of sp³-hybridized carbons (Fsp3) is 0.294. The summed E-state index contributed by atoms with van der Waals surface area (Å²) in [5.74, 6) is 1.10. The first-order chi connectivity index (χ1) is 9.41. The van der Waals surface area contributed by atoms with Crippen molar-refractivity contribution in [2.75, 3.05) is 0 Å². The lowest BCUT2D eigenvalue weighted by Crippen LogP contribution is -2.13. The molecule has 0 N–H and O–H groups in total. The first kappa shape index (κ1) is 14.3. The van der Waals surface area contributed by atoms with Crippen molar-refractivity contribution in [3.63, 3.8) is 0 Å². The number of nitrogens with zero attached hydrogens (tertiary/aromatic N) is 1. The summed E-state index contributed by atoms with van der Waals surface area (Å²) in [4.78, 5) is 15.2. The standard InChI is InChI=1S/C17H19NO2/c1-12-7-8-14(17(2,3)4)15(10-12)20-16-13(11-19)6-5-9-18-16/h5-11H,1-4H3. The monoisotopic (exact) mass is 269 g/mol. The molecule has 2 aromatic rings. The summed E-state index contributed by atoms with van der Waals surface area (Å²) in [5.41, 5.74) is 2.61. The van der Waals surface area contributed by atoms with Crippen molar-refractivity contribution in [3.05, 3.63) is 53.2 Å². The van der Waals surface area contributed by atoms with E-state index in [-0.39, 0.29) is 5.41 Å². The SMILES string of the molecule is Cc1ccc(C(C)(C)C)c(Oc2ncccc2C=O)c1. The van der Waals surface area contributed by atoms with Crippen LogP contribution < -0.4 is 4.74 Å². The van der Waals surface area contributed by atoms with E-state index in [1.165, 1.54) is 0 Å². The molecule has 0 radical (unpaired) electrons. The smallest absolute Gasteiger partial charge is 0.229 e. The molecule has 0 aliphatic rings. The molecule has 0 aliphatic carbocycles. The van der Waals surface area contributed by atoms with Crippen LogP contribution in [0.1, 0.15) is 42.3 Å². The van der Waals surface area contributed by atoms with Gasteiger partial charge >= 0.3 is 0 Å². The van der Waals surface area contributed by atoms with E-state index >= 15 is 0 Å². The summed E-state index contributed by atoms with van der Waals surface area (Å²) in [6.45, 7) is 8.40. The van der Waals surface area contributed by atoms with E-state index in [2.05, 4.69) is 37.9 Å². The molecule has 0 bridgehead atoms. The minimum absolute atomic E-state index is 0.0425. The number of rotatable bonds is 3. The van der Waals surface area contributed by atoms with E-state index < -0.39 is 0 Å². The fourth-order valence-electron chi connectivity index (χ4n) is 2.02. The molecule has 1 aromatic heterocycles. The second kappa shape index (κ2) is 5.45. The summed E-state index contributed by atoms with van der Waals surface area (Å²) >= 11 is 0. The third kappa shape index (κ3) is 3.05. The Morgan fingerprint density at radius 2 is 1.95 bits per heavy atom. The van der Waals surface area contributed by atoms with Crippen LogP contribution in [-0.2, 0) is 5.41 Å². The van der Waals surface area contributed by atoms with Crippen LogP contribution in [0.3, 0.4) is 0 Å². The summed E-state index contributed by atoms with van der Waals surface area (Å²) in [6.07, 6.45) is 2.38. The topological polar surface area (TPSA) is 39.2 Å². The van der Waals surface area contributed by atoms with Crippen molar-refractivity contribution in [1.82, 2.24) is 4.98 Å². The Morgan fingerprint density at radius 3 is 2.60 bits per heavy atom. The number of pyridine rings is 1. The second-order valence-corrected chi connectivity index (χ2v) is 5.87. The Balaban J connectivity index is 2.47. The molecule has 3 heteroatoms. The highest BCUT2D eigenvalue weighted by molar-refractivity contribution is 5.78. The predicted octanol–water partition coefficient (Wildman–Crippen LogP) is 4.29. The van der Waals surface area contributed by atoms with Gasteiger partial charge in [0.1, 0.15) is 5.75 Å². The lowest BCUT2D eigenvalue weighted by molar-refractivity contribution is 0.112. The highest BCUT2D eigenvalue weighted by Gasteiger charge is 2.20. The third-order valence-electron chi connectivity index (χ3n) is 3.08. The van der Waals surface area contributed by atoms with Crippen LogP contribution >= 0.6 is 0 Å². The maximum absolute atomic E-state index is 11.0. The molecule has 0 saturated heterocycles. The number of ether oxygens (including phenoxy) is 1. The van der Waals surface area contributed by atoms with Gasteiger partial charge in [0.05, 0.1) is 5.56 Å². The number of carbonyl (C=O) groups excluding carboxylic acids is 1. The van der Waals surface area contributed by atoms with Crippen LogP contribution in [0.5, 0.6) is 11.6 Å². The van der Waals surface area contributed by atoms with Gasteiger partial charge in [-0.1, -0.05) is 32.9 Å². The van der Waals surface area contributed by atoms with Gasteiger partial charge in [0.25, 0.3) is 0 Å². The molecule has 3 nitrogen and oxygen atoms in total. The van der Waals surface area contributed by atoms with E-state index in [0.717, 1.165) is 23.2 Å². The number of hydrogen-bond acceptors (Lipinski definition) is 3. The van der Waals surface area contributed by atoms with Gasteiger partial charge in [-0.15, -0.1) is 0 Å². The average molecular weight is 269 g/mol. The Labute approximate surface area is 119 Å². The maximum atomic E-state index is 11.0. The molecular formula is C17H19NO2. The van der Waals surface area contributed by atoms with E-state index in [1.807, 2.05) is 13.0 Å². The van der Waals surface area contributed by atoms with Crippen molar-refractivity contribution in [2.24, 2.45) is 0 Å². The molecule has 20 heavy (non-hydrogen) atoms. The Hall–Kier alpha value is -2.16. The van der Waals surface area contributed by atoms with Gasteiger partial charge in [0.2, 0.25) is 5.88 Å². The predicted molar refractivity (Wildman–Crippen MR) is 79.6 cm³/mol. The van der Waals surface area contributed by atoms with Gasteiger partial charge in [-0.05, 0) is 36.1 Å². The van der Waals surface area contributed by atoms with Crippen LogP contribution in [0.15, 0.2) is 36.5 Å². The Morgan fingerprint density at radius 1 is 1.20 bits per heavy atom. The highest BCUT2D eigenvalue weighted by atomic mass is 16.5. The lowest BCUT2D eigenvalue weighted by Gasteiger charge is -2.23. The van der Waals surface area contributed by atoms with Gasteiger partial charge < -0.3 is 4.74 Å². The largest absolute Gasteiger partial charge is 0.438 e. The number of aromatic nitrogens is 1. The number of aryl methyl sites for hydroxylation is 1.